The number of amides is 1. The second-order valence-electron chi connectivity index (χ2n) is 6.96. The fraction of sp³-hybridized carbons (Fsp3) is 0.556. The van der Waals surface area contributed by atoms with Gasteiger partial charge in [0.15, 0.2) is 5.58 Å². The summed E-state index contributed by atoms with van der Waals surface area (Å²) in [6.45, 7) is 2.43. The summed E-state index contributed by atoms with van der Waals surface area (Å²) < 4.78 is 37.8. The fourth-order valence-electron chi connectivity index (χ4n) is 3.74. The van der Waals surface area contributed by atoms with E-state index in [0.29, 0.717) is 57.0 Å². The van der Waals surface area contributed by atoms with Crippen LogP contribution >= 0.6 is 0 Å². The quantitative estimate of drug-likeness (QED) is 0.770. The summed E-state index contributed by atoms with van der Waals surface area (Å²) in [6, 6.07) is 7.41. The lowest BCUT2D eigenvalue weighted by molar-refractivity contribution is -0.131. The average molecular weight is 393 g/mol. The van der Waals surface area contributed by atoms with Gasteiger partial charge in [-0.2, -0.15) is 4.31 Å². The number of hydrogen-bond acceptors (Lipinski definition) is 6. The minimum absolute atomic E-state index is 0.112. The Morgan fingerprint density at radius 3 is 2.78 bits per heavy atom. The lowest BCUT2D eigenvalue weighted by Gasteiger charge is -2.36. The van der Waals surface area contributed by atoms with Crippen molar-refractivity contribution in [3.05, 3.63) is 30.0 Å². The molecule has 27 heavy (non-hydrogen) atoms. The Balaban J connectivity index is 1.45. The molecule has 2 saturated heterocycles. The Morgan fingerprint density at radius 2 is 1.96 bits per heavy atom. The normalized spacial score (nSPS) is 22.2. The van der Waals surface area contributed by atoms with Crippen LogP contribution in [0.5, 0.6) is 0 Å². The second kappa shape index (κ2) is 7.57. The first-order valence-electron chi connectivity index (χ1n) is 9.23. The largest absolute Gasteiger partial charge is 0.379 e. The highest BCUT2D eigenvalue weighted by molar-refractivity contribution is 7.89. The van der Waals surface area contributed by atoms with Gasteiger partial charge >= 0.3 is 0 Å². The number of benzene rings is 1. The lowest BCUT2D eigenvalue weighted by Crippen LogP contribution is -2.52. The molecule has 0 saturated carbocycles. The molecule has 1 atom stereocenters. The summed E-state index contributed by atoms with van der Waals surface area (Å²) in [5, 5.41) is 4.27. The van der Waals surface area contributed by atoms with Crippen LogP contribution in [0.2, 0.25) is 0 Å². The van der Waals surface area contributed by atoms with Gasteiger partial charge in [0.1, 0.15) is 5.69 Å². The van der Waals surface area contributed by atoms with Gasteiger partial charge < -0.3 is 14.2 Å². The van der Waals surface area contributed by atoms with E-state index in [1.165, 1.54) is 4.31 Å². The van der Waals surface area contributed by atoms with Crippen molar-refractivity contribution in [3.63, 3.8) is 0 Å². The third-order valence-electron chi connectivity index (χ3n) is 5.25. The van der Waals surface area contributed by atoms with Crippen LogP contribution in [0.4, 0.5) is 0 Å². The standard InChI is InChI=1S/C18H23N3O5S/c22-18(12-16-15-5-1-2-6-17(15)26-19-16)20-7-3-4-14(13-20)27(23,24)21-8-10-25-11-9-21/h1-2,5-6,14H,3-4,7-13H2. The topological polar surface area (TPSA) is 93.0 Å². The van der Waals surface area contributed by atoms with Crippen molar-refractivity contribution in [2.45, 2.75) is 24.5 Å². The molecule has 2 aliphatic rings. The number of piperidine rings is 1. The number of rotatable bonds is 4. The molecule has 2 fully saturated rings. The van der Waals surface area contributed by atoms with Gasteiger partial charge in [0.25, 0.3) is 0 Å². The van der Waals surface area contributed by atoms with Crippen molar-refractivity contribution in [2.75, 3.05) is 39.4 Å². The van der Waals surface area contributed by atoms with E-state index in [1.807, 2.05) is 24.3 Å². The van der Waals surface area contributed by atoms with Gasteiger partial charge in [0.2, 0.25) is 15.9 Å². The van der Waals surface area contributed by atoms with Crippen LogP contribution in [0, 0.1) is 0 Å². The maximum Gasteiger partial charge on any atom is 0.228 e. The predicted molar refractivity (Wildman–Crippen MR) is 98.6 cm³/mol. The third-order valence-corrected chi connectivity index (χ3v) is 7.57. The van der Waals surface area contributed by atoms with Crippen LogP contribution in [-0.2, 0) is 26.0 Å². The van der Waals surface area contributed by atoms with Gasteiger partial charge in [-0.3, -0.25) is 4.79 Å². The highest BCUT2D eigenvalue weighted by Gasteiger charge is 2.37. The van der Waals surface area contributed by atoms with Crippen molar-refractivity contribution < 1.29 is 22.5 Å². The molecule has 2 aliphatic heterocycles. The van der Waals surface area contributed by atoms with Crippen LogP contribution in [0.25, 0.3) is 11.0 Å². The number of carbonyl (C=O) groups excluding carboxylic acids is 1. The Labute approximate surface area is 158 Å². The molecule has 1 amide bonds. The number of ether oxygens (including phenoxy) is 1. The molecule has 9 heteroatoms. The zero-order valence-corrected chi connectivity index (χ0v) is 15.9. The van der Waals surface area contributed by atoms with Crippen LogP contribution in [-0.4, -0.2) is 73.3 Å². The van der Waals surface area contributed by atoms with Crippen molar-refractivity contribution in [2.24, 2.45) is 0 Å². The Morgan fingerprint density at radius 1 is 1.19 bits per heavy atom. The molecule has 0 N–H and O–H groups in total. The van der Waals surface area contributed by atoms with E-state index < -0.39 is 15.3 Å². The van der Waals surface area contributed by atoms with Gasteiger partial charge in [-0.25, -0.2) is 8.42 Å². The summed E-state index contributed by atoms with van der Waals surface area (Å²) in [6.07, 6.45) is 1.37. The van der Waals surface area contributed by atoms with Crippen molar-refractivity contribution in [1.29, 1.82) is 0 Å². The number of hydrogen-bond donors (Lipinski definition) is 0. The number of fused-ring (bicyclic) bond motifs is 1. The number of morpholine rings is 1. The molecular formula is C18H23N3O5S. The van der Waals surface area contributed by atoms with E-state index in [2.05, 4.69) is 5.16 Å². The molecule has 3 heterocycles. The number of aromatic nitrogens is 1. The number of nitrogens with zero attached hydrogens (tertiary/aromatic N) is 3. The minimum atomic E-state index is -3.42. The summed E-state index contributed by atoms with van der Waals surface area (Å²) in [4.78, 5) is 14.4. The van der Waals surface area contributed by atoms with Crippen LogP contribution in [0.1, 0.15) is 18.5 Å². The molecule has 0 radical (unpaired) electrons. The maximum absolute atomic E-state index is 12.9. The van der Waals surface area contributed by atoms with Crippen LogP contribution in [0.3, 0.4) is 0 Å². The van der Waals surface area contributed by atoms with Crippen LogP contribution in [0.15, 0.2) is 28.8 Å². The molecule has 8 nitrogen and oxygen atoms in total. The maximum atomic E-state index is 12.9. The summed E-state index contributed by atoms with van der Waals surface area (Å²) in [5.41, 5.74) is 1.24. The van der Waals surface area contributed by atoms with Crippen molar-refractivity contribution in [1.82, 2.24) is 14.4 Å². The summed E-state index contributed by atoms with van der Waals surface area (Å²) in [7, 11) is -3.42. The fourth-order valence-corrected chi connectivity index (χ4v) is 5.65. The van der Waals surface area contributed by atoms with Gasteiger partial charge in [-0.05, 0) is 25.0 Å². The Bertz CT molecular complexity index is 920. The summed E-state index contributed by atoms with van der Waals surface area (Å²) in [5.74, 6) is -0.115. The monoisotopic (exact) mass is 393 g/mol. The first kappa shape index (κ1) is 18.4. The number of para-hydroxylation sites is 1. The van der Waals surface area contributed by atoms with E-state index in [4.69, 9.17) is 9.26 Å². The molecule has 4 rings (SSSR count). The van der Waals surface area contributed by atoms with Gasteiger partial charge in [-0.15, -0.1) is 0 Å². The van der Waals surface area contributed by atoms with Crippen LogP contribution < -0.4 is 0 Å². The van der Waals surface area contributed by atoms with Crippen molar-refractivity contribution in [3.8, 4) is 0 Å². The third kappa shape index (κ3) is 3.71. The van der Waals surface area contributed by atoms with E-state index in [1.54, 1.807) is 4.90 Å². The average Bonchev–Trinajstić information content (AvgIpc) is 3.12. The summed E-state index contributed by atoms with van der Waals surface area (Å²) >= 11 is 0. The molecule has 2 aromatic rings. The van der Waals surface area contributed by atoms with E-state index in [0.717, 1.165) is 5.39 Å². The molecule has 0 aliphatic carbocycles. The van der Waals surface area contributed by atoms with E-state index >= 15 is 0 Å². The molecule has 1 aromatic carbocycles. The van der Waals surface area contributed by atoms with E-state index in [-0.39, 0.29) is 18.9 Å². The molecule has 146 valence electrons. The molecule has 1 aromatic heterocycles. The molecule has 1 unspecified atom stereocenters. The smallest absolute Gasteiger partial charge is 0.228 e. The molecular weight excluding hydrogens is 370 g/mol. The number of likely N-dealkylation sites (tertiary alicyclic amines) is 1. The predicted octanol–water partition coefficient (Wildman–Crippen LogP) is 1.02. The SMILES string of the molecule is O=C(Cc1noc2ccccc12)N1CCCC(S(=O)(=O)N2CCOCC2)C1. The second-order valence-corrected chi connectivity index (χ2v) is 9.18. The first-order valence-corrected chi connectivity index (χ1v) is 10.7. The highest BCUT2D eigenvalue weighted by atomic mass is 32.2. The Kier molecular flexibility index (Phi) is 5.16. The zero-order valence-electron chi connectivity index (χ0n) is 15.0. The number of carbonyl (C=O) groups is 1. The minimum Gasteiger partial charge on any atom is -0.379 e. The molecule has 0 bridgehead atoms. The first-order chi connectivity index (χ1) is 13.1. The zero-order chi connectivity index (χ0) is 18.9. The Hall–Kier alpha value is -1.97. The molecule has 0 spiro atoms. The number of sulfonamides is 1. The lowest BCUT2D eigenvalue weighted by atomic mass is 10.1. The van der Waals surface area contributed by atoms with Crippen molar-refractivity contribution >= 4 is 26.9 Å². The van der Waals surface area contributed by atoms with Gasteiger partial charge in [0.05, 0.1) is 24.9 Å². The van der Waals surface area contributed by atoms with Gasteiger partial charge in [-0.1, -0.05) is 17.3 Å². The van der Waals surface area contributed by atoms with Gasteiger partial charge in [0, 0.05) is 31.6 Å². The van der Waals surface area contributed by atoms with E-state index in [9.17, 15) is 13.2 Å². The highest BCUT2D eigenvalue weighted by Crippen LogP contribution is 2.23.